The van der Waals surface area contributed by atoms with Gasteiger partial charge < -0.3 is 10.4 Å². The second-order valence-corrected chi connectivity index (χ2v) is 7.33. The minimum atomic E-state index is -1.62. The average molecular weight is 376 g/mol. The zero-order valence-electron chi connectivity index (χ0n) is 14.0. The van der Waals surface area contributed by atoms with Crippen LogP contribution in [0, 0.1) is 5.82 Å². The van der Waals surface area contributed by atoms with E-state index in [1.54, 1.807) is 36.4 Å². The van der Waals surface area contributed by atoms with Gasteiger partial charge in [0.2, 0.25) is 0 Å². The number of carbonyl (C=O) groups is 1. The van der Waals surface area contributed by atoms with E-state index in [1.807, 2.05) is 0 Å². The molecule has 0 aromatic heterocycles. The Morgan fingerprint density at radius 2 is 1.88 bits per heavy atom. The Kier molecular flexibility index (Phi) is 5.38. The van der Waals surface area contributed by atoms with Crippen molar-refractivity contribution in [1.82, 2.24) is 5.32 Å². The molecule has 3 atom stereocenters. The number of hydrogen-bond acceptors (Lipinski definition) is 4. The first-order valence-electron chi connectivity index (χ1n) is 8.08. The first kappa shape index (κ1) is 18.5. The van der Waals surface area contributed by atoms with Crippen LogP contribution in [0.4, 0.5) is 8.78 Å². The molecule has 7 heteroatoms. The van der Waals surface area contributed by atoms with Crippen molar-refractivity contribution in [1.29, 1.82) is 0 Å². The molecule has 1 aliphatic heterocycles. The van der Waals surface area contributed by atoms with Gasteiger partial charge in [-0.25, -0.2) is 13.8 Å². The molecule has 2 aromatic carbocycles. The van der Waals surface area contributed by atoms with Gasteiger partial charge in [-0.3, -0.25) is 4.79 Å². The molecule has 0 saturated heterocycles. The molecule has 136 valence electrons. The fraction of sp³-hybridized carbons (Fsp3) is 0.263. The minimum Gasteiger partial charge on any atom is -0.395 e. The van der Waals surface area contributed by atoms with Crippen LogP contribution >= 0.6 is 11.8 Å². The number of carbonyl (C=O) groups excluding carboxylic acids is 1. The molecule has 0 saturated carbocycles. The van der Waals surface area contributed by atoms with Crippen molar-refractivity contribution >= 4 is 22.8 Å². The highest BCUT2D eigenvalue weighted by Crippen LogP contribution is 2.42. The molecule has 26 heavy (non-hydrogen) atoms. The molecule has 0 bridgehead atoms. The van der Waals surface area contributed by atoms with Gasteiger partial charge in [0.15, 0.2) is 5.17 Å². The zero-order valence-corrected chi connectivity index (χ0v) is 14.8. The summed E-state index contributed by atoms with van der Waals surface area (Å²) >= 11 is 0.936. The van der Waals surface area contributed by atoms with Crippen molar-refractivity contribution in [3.8, 4) is 0 Å². The smallest absolute Gasteiger partial charge is 0.257 e. The number of amidine groups is 1. The van der Waals surface area contributed by atoms with E-state index in [9.17, 15) is 14.3 Å². The molecule has 0 fully saturated rings. The maximum absolute atomic E-state index is 15.0. The van der Waals surface area contributed by atoms with Crippen LogP contribution in [0.25, 0.3) is 0 Å². The second kappa shape index (κ2) is 7.55. The first-order chi connectivity index (χ1) is 12.5. The van der Waals surface area contributed by atoms with E-state index in [0.29, 0.717) is 5.56 Å². The number of aliphatic hydroxyl groups excluding tert-OH is 1. The molecule has 1 heterocycles. The Bertz CT molecular complexity index is 831. The molecule has 0 unspecified atom stereocenters. The van der Waals surface area contributed by atoms with Crippen LogP contribution in [0.1, 0.15) is 22.8 Å². The quantitative estimate of drug-likeness (QED) is 0.864. The van der Waals surface area contributed by atoms with Crippen LogP contribution in [-0.4, -0.2) is 34.2 Å². The first-order valence-corrected chi connectivity index (χ1v) is 8.96. The maximum Gasteiger partial charge on any atom is 0.257 e. The number of hydrogen-bond donors (Lipinski definition) is 2. The highest BCUT2D eigenvalue weighted by atomic mass is 32.2. The number of halogens is 2. The third kappa shape index (κ3) is 3.50. The Labute approximate surface area is 154 Å². The molecule has 2 N–H and O–H groups in total. The van der Waals surface area contributed by atoms with Crippen LogP contribution in [0.2, 0.25) is 0 Å². The normalized spacial score (nSPS) is 25.5. The van der Waals surface area contributed by atoms with Crippen LogP contribution < -0.4 is 5.32 Å². The van der Waals surface area contributed by atoms with Crippen molar-refractivity contribution in [3.05, 3.63) is 71.5 Å². The molecule has 1 aliphatic rings. The number of rotatable bonds is 3. The van der Waals surface area contributed by atoms with Gasteiger partial charge in [0, 0.05) is 11.1 Å². The largest absolute Gasteiger partial charge is 0.395 e. The summed E-state index contributed by atoms with van der Waals surface area (Å²) in [5, 5.41) is 11.5. The van der Waals surface area contributed by atoms with E-state index in [2.05, 4.69) is 10.3 Å². The average Bonchev–Trinajstić information content (AvgIpc) is 2.65. The van der Waals surface area contributed by atoms with Crippen molar-refractivity contribution < 1.29 is 18.7 Å². The van der Waals surface area contributed by atoms with E-state index >= 15 is 4.39 Å². The number of nitrogens with one attached hydrogen (secondary N) is 1. The zero-order chi connectivity index (χ0) is 18.7. The summed E-state index contributed by atoms with van der Waals surface area (Å²) in [4.78, 5) is 16.7. The highest BCUT2D eigenvalue weighted by Gasteiger charge is 2.47. The van der Waals surface area contributed by atoms with Gasteiger partial charge in [-0.1, -0.05) is 48.2 Å². The third-order valence-electron chi connectivity index (χ3n) is 4.32. The molecular formula is C19H18F2N2O2S. The molecule has 1 amide bonds. The van der Waals surface area contributed by atoms with Gasteiger partial charge in [0.1, 0.15) is 17.5 Å². The number of amides is 1. The van der Waals surface area contributed by atoms with E-state index in [0.717, 1.165) is 11.8 Å². The molecule has 0 spiro atoms. The van der Waals surface area contributed by atoms with E-state index in [1.165, 1.54) is 25.1 Å². The number of nitrogens with zero attached hydrogens (tertiary/aromatic N) is 1. The summed E-state index contributed by atoms with van der Waals surface area (Å²) in [6.07, 6.45) is -1.62. The van der Waals surface area contributed by atoms with E-state index < -0.39 is 35.3 Å². The van der Waals surface area contributed by atoms with Crippen LogP contribution in [0.5, 0.6) is 0 Å². The fourth-order valence-corrected chi connectivity index (χ4v) is 4.03. The number of benzene rings is 2. The van der Waals surface area contributed by atoms with Crippen molar-refractivity contribution in [2.45, 2.75) is 23.9 Å². The Balaban J connectivity index is 1.97. The minimum absolute atomic E-state index is 0.0812. The maximum atomic E-state index is 15.0. The highest BCUT2D eigenvalue weighted by molar-refractivity contribution is 8.14. The number of alkyl halides is 1. The second-order valence-electron chi connectivity index (χ2n) is 6.11. The lowest BCUT2D eigenvalue weighted by molar-refractivity contribution is 0.0976. The summed E-state index contributed by atoms with van der Waals surface area (Å²) in [5.74, 6) is -0.986. The summed E-state index contributed by atoms with van der Waals surface area (Å²) in [7, 11) is 0. The molecular weight excluding hydrogens is 358 g/mol. The molecule has 2 aromatic rings. The van der Waals surface area contributed by atoms with E-state index in [4.69, 9.17) is 0 Å². The lowest BCUT2D eigenvalue weighted by atomic mass is 9.85. The summed E-state index contributed by atoms with van der Waals surface area (Å²) in [5.41, 5.74) is -1.05. The third-order valence-corrected chi connectivity index (χ3v) is 5.42. The van der Waals surface area contributed by atoms with Crippen LogP contribution in [0.3, 0.4) is 0 Å². The Morgan fingerprint density at radius 1 is 1.23 bits per heavy atom. The predicted octanol–water partition coefficient (Wildman–Crippen LogP) is 3.27. The standard InChI is InChI=1S/C19H18F2N2O2S/c1-19(13-9-5-6-10-14(13)20)16(21)15(11-24)26-18(23-19)22-17(25)12-7-3-2-4-8-12/h2-10,15-16,24H,11H2,1H3,(H,22,23,25)/t15-,16+,19-/m1/s1. The molecule has 4 nitrogen and oxygen atoms in total. The van der Waals surface area contributed by atoms with Gasteiger partial charge in [-0.15, -0.1) is 0 Å². The summed E-state index contributed by atoms with van der Waals surface area (Å²) in [6.45, 7) is 1.00. The topological polar surface area (TPSA) is 61.7 Å². The van der Waals surface area contributed by atoms with Crippen molar-refractivity contribution in [2.75, 3.05) is 6.61 Å². The molecule has 3 rings (SSSR count). The van der Waals surface area contributed by atoms with Crippen molar-refractivity contribution in [2.24, 2.45) is 4.99 Å². The lowest BCUT2D eigenvalue weighted by Gasteiger charge is -2.38. The predicted molar refractivity (Wildman–Crippen MR) is 98.5 cm³/mol. The number of thioether (sulfide) groups is 1. The van der Waals surface area contributed by atoms with Gasteiger partial charge in [0.25, 0.3) is 5.91 Å². The van der Waals surface area contributed by atoms with Gasteiger partial charge in [-0.05, 0) is 25.1 Å². The SMILES string of the molecule is C[C@]1(c2ccccc2F)N=C(NC(=O)c2ccccc2)S[C@H](CO)[C@@H]1F. The Hall–Kier alpha value is -2.25. The van der Waals surface area contributed by atoms with Gasteiger partial charge >= 0.3 is 0 Å². The lowest BCUT2D eigenvalue weighted by Crippen LogP contribution is -2.48. The summed E-state index contributed by atoms with van der Waals surface area (Å²) < 4.78 is 29.3. The van der Waals surface area contributed by atoms with Crippen molar-refractivity contribution in [3.63, 3.8) is 0 Å². The monoisotopic (exact) mass is 376 g/mol. The fourth-order valence-electron chi connectivity index (χ4n) is 2.89. The number of aliphatic hydroxyl groups is 1. The van der Waals surface area contributed by atoms with Gasteiger partial charge in [-0.2, -0.15) is 0 Å². The van der Waals surface area contributed by atoms with E-state index in [-0.39, 0.29) is 10.7 Å². The van der Waals surface area contributed by atoms with Crippen LogP contribution in [-0.2, 0) is 5.54 Å². The van der Waals surface area contributed by atoms with Gasteiger partial charge in [0.05, 0.1) is 11.9 Å². The number of aliphatic imine (C=N–C) groups is 1. The molecule has 0 aliphatic carbocycles. The Morgan fingerprint density at radius 3 is 2.54 bits per heavy atom. The molecule has 0 radical (unpaired) electrons. The van der Waals surface area contributed by atoms with Crippen LogP contribution in [0.15, 0.2) is 59.6 Å². The summed E-state index contributed by atoms with van der Waals surface area (Å²) in [6, 6.07) is 14.3.